The number of rotatable bonds is 4. The largest absolute Gasteiger partial charge is 0.468 e. The van der Waals surface area contributed by atoms with Gasteiger partial charge in [-0.05, 0) is 12.1 Å². The van der Waals surface area contributed by atoms with Crippen LogP contribution in [0, 0.1) is 21.4 Å². The second kappa shape index (κ2) is 5.46. The van der Waals surface area contributed by atoms with Gasteiger partial charge in [0.2, 0.25) is 0 Å². The summed E-state index contributed by atoms with van der Waals surface area (Å²) in [5, 5.41) is 22.0. The Labute approximate surface area is 96.8 Å². The van der Waals surface area contributed by atoms with Crippen LogP contribution in [0.25, 0.3) is 0 Å². The lowest BCUT2D eigenvalue weighted by molar-refractivity contribution is -0.385. The van der Waals surface area contributed by atoms with Crippen molar-refractivity contribution in [2.45, 2.75) is 0 Å². The van der Waals surface area contributed by atoms with Gasteiger partial charge in [-0.15, -0.1) is 0 Å². The first-order chi connectivity index (χ1) is 8.08. The van der Waals surface area contributed by atoms with Crippen molar-refractivity contribution in [1.82, 2.24) is 0 Å². The standard InChI is InChI=1S/C10H9N3O4/c1-17-10(14)6-12-8-3-2-7(5-11)9(4-8)13(15)16/h2-4,12H,6H2,1H3. The molecule has 17 heavy (non-hydrogen) atoms. The van der Waals surface area contributed by atoms with Gasteiger partial charge in [0, 0.05) is 11.8 Å². The van der Waals surface area contributed by atoms with Crippen LogP contribution in [0.15, 0.2) is 18.2 Å². The number of nitro groups is 1. The number of methoxy groups -OCH3 is 1. The van der Waals surface area contributed by atoms with Gasteiger partial charge in [0.1, 0.15) is 18.2 Å². The van der Waals surface area contributed by atoms with Gasteiger partial charge in [-0.3, -0.25) is 14.9 Å². The molecule has 0 heterocycles. The molecule has 0 aliphatic carbocycles. The Kier molecular flexibility index (Phi) is 4.00. The summed E-state index contributed by atoms with van der Waals surface area (Å²) in [6.07, 6.45) is 0. The van der Waals surface area contributed by atoms with E-state index >= 15 is 0 Å². The van der Waals surface area contributed by atoms with Gasteiger partial charge in [0.15, 0.2) is 0 Å². The third kappa shape index (κ3) is 3.17. The summed E-state index contributed by atoms with van der Waals surface area (Å²) in [5.74, 6) is -0.489. The van der Waals surface area contributed by atoms with Crippen molar-refractivity contribution in [3.63, 3.8) is 0 Å². The highest BCUT2D eigenvalue weighted by atomic mass is 16.6. The van der Waals surface area contributed by atoms with Crippen molar-refractivity contribution >= 4 is 17.3 Å². The van der Waals surface area contributed by atoms with Crippen molar-refractivity contribution < 1.29 is 14.5 Å². The van der Waals surface area contributed by atoms with Crippen LogP contribution in [-0.2, 0) is 9.53 Å². The fourth-order valence-corrected chi connectivity index (χ4v) is 1.13. The molecule has 0 fully saturated rings. The van der Waals surface area contributed by atoms with Gasteiger partial charge in [0.25, 0.3) is 5.69 Å². The zero-order valence-corrected chi connectivity index (χ0v) is 8.97. The van der Waals surface area contributed by atoms with Crippen LogP contribution in [0.4, 0.5) is 11.4 Å². The molecule has 1 aromatic carbocycles. The van der Waals surface area contributed by atoms with E-state index in [1.807, 2.05) is 0 Å². The van der Waals surface area contributed by atoms with Gasteiger partial charge >= 0.3 is 5.97 Å². The van der Waals surface area contributed by atoms with E-state index in [0.717, 1.165) is 0 Å². The van der Waals surface area contributed by atoms with E-state index in [-0.39, 0.29) is 17.8 Å². The fourth-order valence-electron chi connectivity index (χ4n) is 1.13. The van der Waals surface area contributed by atoms with E-state index in [1.54, 1.807) is 6.07 Å². The Hall–Kier alpha value is -2.62. The third-order valence-corrected chi connectivity index (χ3v) is 1.98. The zero-order valence-electron chi connectivity index (χ0n) is 8.97. The molecule has 88 valence electrons. The monoisotopic (exact) mass is 235 g/mol. The minimum atomic E-state index is -0.651. The van der Waals surface area contributed by atoms with E-state index in [4.69, 9.17) is 5.26 Å². The lowest BCUT2D eigenvalue weighted by atomic mass is 10.2. The van der Waals surface area contributed by atoms with Crippen LogP contribution in [-0.4, -0.2) is 24.5 Å². The predicted octanol–water partition coefficient (Wildman–Crippen LogP) is 1.05. The molecule has 0 atom stereocenters. The van der Waals surface area contributed by atoms with Crippen molar-refractivity contribution in [2.24, 2.45) is 0 Å². The molecule has 0 bridgehead atoms. The van der Waals surface area contributed by atoms with Gasteiger partial charge in [-0.2, -0.15) is 5.26 Å². The van der Waals surface area contributed by atoms with Crippen LogP contribution >= 0.6 is 0 Å². The minimum absolute atomic E-state index is 0.0291. The lowest BCUT2D eigenvalue weighted by Gasteiger charge is -2.04. The Balaban J connectivity index is 2.90. The average Bonchev–Trinajstić information content (AvgIpc) is 2.35. The number of nitro benzene ring substituents is 1. The number of esters is 1. The molecule has 7 heteroatoms. The number of anilines is 1. The van der Waals surface area contributed by atoms with E-state index < -0.39 is 10.9 Å². The zero-order chi connectivity index (χ0) is 12.8. The molecular weight excluding hydrogens is 226 g/mol. The van der Waals surface area contributed by atoms with E-state index in [0.29, 0.717) is 5.69 Å². The van der Waals surface area contributed by atoms with Crippen LogP contribution in [0.1, 0.15) is 5.56 Å². The van der Waals surface area contributed by atoms with Gasteiger partial charge in [0.05, 0.1) is 12.0 Å². The summed E-state index contributed by atoms with van der Waals surface area (Å²) in [5.41, 5.74) is 0.0436. The highest BCUT2D eigenvalue weighted by Crippen LogP contribution is 2.22. The predicted molar refractivity (Wildman–Crippen MR) is 58.3 cm³/mol. The molecule has 0 radical (unpaired) electrons. The number of hydrogen-bond donors (Lipinski definition) is 1. The number of nitrogens with one attached hydrogen (secondary N) is 1. The minimum Gasteiger partial charge on any atom is -0.468 e. The maximum absolute atomic E-state index is 10.9. The summed E-state index contributed by atoms with van der Waals surface area (Å²) in [6, 6.07) is 5.71. The highest BCUT2D eigenvalue weighted by Gasteiger charge is 2.14. The molecule has 0 aliphatic rings. The number of carbonyl (C=O) groups excluding carboxylic acids is 1. The summed E-state index contributed by atoms with van der Waals surface area (Å²) in [4.78, 5) is 20.9. The number of nitrogens with zero attached hydrogens (tertiary/aromatic N) is 2. The number of carbonyl (C=O) groups is 1. The summed E-state index contributed by atoms with van der Waals surface area (Å²) >= 11 is 0. The smallest absolute Gasteiger partial charge is 0.325 e. The molecule has 0 amide bonds. The van der Waals surface area contributed by atoms with Crippen LogP contribution in [0.5, 0.6) is 0 Å². The molecule has 1 N–H and O–H groups in total. The molecular formula is C10H9N3O4. The SMILES string of the molecule is COC(=O)CNc1ccc(C#N)c([N+](=O)[O-])c1. The van der Waals surface area contributed by atoms with E-state index in [1.165, 1.54) is 25.3 Å². The quantitative estimate of drug-likeness (QED) is 0.475. The Morgan fingerprint density at radius 2 is 2.35 bits per heavy atom. The van der Waals surface area contributed by atoms with Gasteiger partial charge in [-0.25, -0.2) is 0 Å². The maximum Gasteiger partial charge on any atom is 0.325 e. The Bertz CT molecular complexity index is 493. The molecule has 0 saturated heterocycles. The summed E-state index contributed by atoms with van der Waals surface area (Å²) in [6.45, 7) is -0.0977. The Morgan fingerprint density at radius 1 is 1.65 bits per heavy atom. The van der Waals surface area contributed by atoms with Crippen molar-refractivity contribution in [2.75, 3.05) is 19.0 Å². The molecule has 0 aromatic heterocycles. The topological polar surface area (TPSA) is 105 Å². The Morgan fingerprint density at radius 3 is 2.88 bits per heavy atom. The summed E-state index contributed by atoms with van der Waals surface area (Å²) < 4.78 is 4.41. The molecule has 0 spiro atoms. The molecule has 0 unspecified atom stereocenters. The van der Waals surface area contributed by atoms with Gasteiger partial charge in [-0.1, -0.05) is 0 Å². The van der Waals surface area contributed by atoms with Crippen molar-refractivity contribution in [3.05, 3.63) is 33.9 Å². The summed E-state index contributed by atoms with van der Waals surface area (Å²) in [7, 11) is 1.24. The van der Waals surface area contributed by atoms with Crippen LogP contribution in [0.2, 0.25) is 0 Å². The number of ether oxygens (including phenoxy) is 1. The second-order valence-corrected chi connectivity index (χ2v) is 3.03. The molecule has 0 saturated carbocycles. The average molecular weight is 235 g/mol. The number of hydrogen-bond acceptors (Lipinski definition) is 6. The first-order valence-electron chi connectivity index (χ1n) is 4.57. The second-order valence-electron chi connectivity index (χ2n) is 3.03. The van der Waals surface area contributed by atoms with Crippen LogP contribution < -0.4 is 5.32 Å². The van der Waals surface area contributed by atoms with Gasteiger partial charge < -0.3 is 10.1 Å². The van der Waals surface area contributed by atoms with E-state index in [9.17, 15) is 14.9 Å². The first kappa shape index (κ1) is 12.4. The lowest BCUT2D eigenvalue weighted by Crippen LogP contribution is -2.15. The maximum atomic E-state index is 10.9. The van der Waals surface area contributed by atoms with Crippen molar-refractivity contribution in [1.29, 1.82) is 5.26 Å². The molecule has 0 aliphatic heterocycles. The first-order valence-corrected chi connectivity index (χ1v) is 4.57. The molecule has 7 nitrogen and oxygen atoms in total. The molecule has 1 rings (SSSR count). The highest BCUT2D eigenvalue weighted by molar-refractivity contribution is 5.75. The third-order valence-electron chi connectivity index (χ3n) is 1.98. The van der Waals surface area contributed by atoms with Crippen molar-refractivity contribution in [3.8, 4) is 6.07 Å². The fraction of sp³-hybridized carbons (Fsp3) is 0.200. The number of benzene rings is 1. The normalized spacial score (nSPS) is 9.18. The number of nitriles is 1. The van der Waals surface area contributed by atoms with E-state index in [2.05, 4.69) is 10.1 Å². The molecule has 1 aromatic rings. The van der Waals surface area contributed by atoms with Crippen LogP contribution in [0.3, 0.4) is 0 Å².